The largest absolute Gasteiger partial charge is 0.493 e. The maximum Gasteiger partial charge on any atom is 0.191 e. The summed E-state index contributed by atoms with van der Waals surface area (Å²) in [4.78, 5) is 8.88. The monoisotopic (exact) mass is 508 g/mol. The smallest absolute Gasteiger partial charge is 0.191 e. The van der Waals surface area contributed by atoms with Crippen molar-refractivity contribution in [3.05, 3.63) is 44.9 Å². The van der Waals surface area contributed by atoms with E-state index in [0.29, 0.717) is 30.6 Å². The van der Waals surface area contributed by atoms with E-state index in [4.69, 9.17) is 16.3 Å². The van der Waals surface area contributed by atoms with Crippen LogP contribution in [0.2, 0.25) is 5.02 Å². The number of benzene rings is 1. The van der Waals surface area contributed by atoms with Crippen molar-refractivity contribution in [3.63, 3.8) is 0 Å². The van der Waals surface area contributed by atoms with Crippen LogP contribution >= 0.6 is 46.9 Å². The second kappa shape index (κ2) is 11.6. The number of thiazole rings is 1. The molecule has 0 bridgehead atoms. The van der Waals surface area contributed by atoms with Crippen LogP contribution < -0.4 is 15.4 Å². The molecule has 2 rings (SSSR count). The summed E-state index contributed by atoms with van der Waals surface area (Å²) in [7, 11) is 1.75. The molecule has 0 spiro atoms. The SMILES string of the molecule is CCOc1cc(Cl)ccc1CNC(=NC)NCc1nc(C(C)C)cs1.I. The third kappa shape index (κ3) is 6.92. The van der Waals surface area contributed by atoms with E-state index in [1.165, 1.54) is 0 Å². The van der Waals surface area contributed by atoms with Gasteiger partial charge in [-0.15, -0.1) is 35.3 Å². The standard InChI is InChI=1S/C18H25ClN4OS.HI/c1-5-24-16-8-14(19)7-6-13(16)9-21-18(20-4)22-10-17-23-15(11-25-17)12(2)3;/h6-8,11-12H,5,9-10H2,1-4H3,(H2,20,21,22);1H. The zero-order chi connectivity index (χ0) is 18.2. The Morgan fingerprint density at radius 2 is 2.04 bits per heavy atom. The lowest BCUT2D eigenvalue weighted by molar-refractivity contribution is 0.336. The highest BCUT2D eigenvalue weighted by atomic mass is 127. The fourth-order valence-corrected chi connectivity index (χ4v) is 3.25. The number of ether oxygens (including phenoxy) is 1. The van der Waals surface area contributed by atoms with E-state index >= 15 is 0 Å². The van der Waals surface area contributed by atoms with Crippen molar-refractivity contribution >= 4 is 52.9 Å². The molecule has 0 atom stereocenters. The molecule has 0 saturated heterocycles. The normalized spacial score (nSPS) is 11.2. The average molecular weight is 509 g/mol. The first-order valence-electron chi connectivity index (χ1n) is 8.33. The number of rotatable bonds is 7. The quantitative estimate of drug-likeness (QED) is 0.320. The van der Waals surface area contributed by atoms with E-state index in [2.05, 4.69) is 39.8 Å². The van der Waals surface area contributed by atoms with Crippen LogP contribution in [0.5, 0.6) is 5.75 Å². The fraction of sp³-hybridized carbons (Fsp3) is 0.444. The maximum absolute atomic E-state index is 6.04. The van der Waals surface area contributed by atoms with Crippen molar-refractivity contribution in [3.8, 4) is 5.75 Å². The summed E-state index contributed by atoms with van der Waals surface area (Å²) in [5.74, 6) is 1.96. The van der Waals surface area contributed by atoms with Gasteiger partial charge in [-0.1, -0.05) is 31.5 Å². The van der Waals surface area contributed by atoms with E-state index in [-0.39, 0.29) is 24.0 Å². The highest BCUT2D eigenvalue weighted by molar-refractivity contribution is 14.0. The van der Waals surface area contributed by atoms with Crippen molar-refractivity contribution in [2.45, 2.75) is 39.8 Å². The second-order valence-corrected chi connectivity index (χ2v) is 7.16. The lowest BCUT2D eigenvalue weighted by Crippen LogP contribution is -2.36. The molecule has 0 saturated carbocycles. The van der Waals surface area contributed by atoms with Crippen molar-refractivity contribution < 1.29 is 4.74 Å². The Hall–Kier alpha value is -1.06. The first-order valence-corrected chi connectivity index (χ1v) is 9.59. The summed E-state index contributed by atoms with van der Waals surface area (Å²) in [5.41, 5.74) is 2.16. The molecular weight excluding hydrogens is 483 g/mol. The number of nitrogens with zero attached hydrogens (tertiary/aromatic N) is 2. The van der Waals surface area contributed by atoms with E-state index in [9.17, 15) is 0 Å². The lowest BCUT2D eigenvalue weighted by atomic mass is 10.2. The van der Waals surface area contributed by atoms with Crippen LogP contribution in [0.4, 0.5) is 0 Å². The van der Waals surface area contributed by atoms with Crippen LogP contribution in [-0.4, -0.2) is 24.6 Å². The lowest BCUT2D eigenvalue weighted by Gasteiger charge is -2.14. The summed E-state index contributed by atoms with van der Waals surface area (Å²) in [5, 5.41) is 10.4. The highest BCUT2D eigenvalue weighted by Gasteiger charge is 2.08. The van der Waals surface area contributed by atoms with Gasteiger partial charge in [0.15, 0.2) is 5.96 Å². The number of aliphatic imine (C=N–C) groups is 1. The van der Waals surface area contributed by atoms with Gasteiger partial charge in [-0.3, -0.25) is 4.99 Å². The molecule has 0 aliphatic rings. The van der Waals surface area contributed by atoms with Gasteiger partial charge in [-0.25, -0.2) is 4.98 Å². The zero-order valence-corrected chi connectivity index (χ0v) is 19.4. The number of hydrogen-bond donors (Lipinski definition) is 2. The molecule has 2 aromatic rings. The van der Waals surface area contributed by atoms with Crippen molar-refractivity contribution in [2.24, 2.45) is 4.99 Å². The van der Waals surface area contributed by atoms with E-state index in [0.717, 1.165) is 28.0 Å². The van der Waals surface area contributed by atoms with Gasteiger partial charge in [-0.05, 0) is 25.0 Å². The topological polar surface area (TPSA) is 58.5 Å². The Labute approximate surface area is 181 Å². The third-order valence-corrected chi connectivity index (χ3v) is 4.67. The third-order valence-electron chi connectivity index (χ3n) is 3.57. The minimum atomic E-state index is 0. The second-order valence-electron chi connectivity index (χ2n) is 5.79. The molecule has 0 aliphatic heterocycles. The van der Waals surface area contributed by atoms with Crippen molar-refractivity contribution in [1.82, 2.24) is 15.6 Å². The molecule has 5 nitrogen and oxygen atoms in total. The fourth-order valence-electron chi connectivity index (χ4n) is 2.19. The minimum absolute atomic E-state index is 0. The van der Waals surface area contributed by atoms with Gasteiger partial charge in [0.2, 0.25) is 0 Å². The molecule has 144 valence electrons. The van der Waals surface area contributed by atoms with Gasteiger partial charge >= 0.3 is 0 Å². The molecule has 1 aromatic heterocycles. The number of aromatic nitrogens is 1. The van der Waals surface area contributed by atoms with Crippen LogP contribution in [0.3, 0.4) is 0 Å². The molecule has 0 aliphatic carbocycles. The van der Waals surface area contributed by atoms with Gasteiger partial charge in [0.05, 0.1) is 18.8 Å². The van der Waals surface area contributed by atoms with Crippen LogP contribution in [0.25, 0.3) is 0 Å². The summed E-state index contributed by atoms with van der Waals surface area (Å²) in [6.07, 6.45) is 0. The summed E-state index contributed by atoms with van der Waals surface area (Å²) < 4.78 is 5.65. The predicted molar refractivity (Wildman–Crippen MR) is 121 cm³/mol. The first kappa shape index (κ1) is 23.0. The number of hydrogen-bond acceptors (Lipinski definition) is 4. The van der Waals surface area contributed by atoms with Gasteiger partial charge < -0.3 is 15.4 Å². The predicted octanol–water partition coefficient (Wildman–Crippen LogP) is 4.80. The van der Waals surface area contributed by atoms with Crippen LogP contribution in [-0.2, 0) is 13.1 Å². The molecule has 0 fully saturated rings. The van der Waals surface area contributed by atoms with Crippen LogP contribution in [0, 0.1) is 0 Å². The van der Waals surface area contributed by atoms with Gasteiger partial charge in [-0.2, -0.15) is 0 Å². The van der Waals surface area contributed by atoms with E-state index in [1.807, 2.05) is 25.1 Å². The van der Waals surface area contributed by atoms with Crippen LogP contribution in [0.15, 0.2) is 28.6 Å². The molecule has 1 heterocycles. The van der Waals surface area contributed by atoms with E-state index < -0.39 is 0 Å². The Balaban J connectivity index is 0.00000338. The van der Waals surface area contributed by atoms with E-state index in [1.54, 1.807) is 18.4 Å². The summed E-state index contributed by atoms with van der Waals surface area (Å²) in [6.45, 7) is 8.10. The van der Waals surface area contributed by atoms with Crippen LogP contribution in [0.1, 0.15) is 43.0 Å². The minimum Gasteiger partial charge on any atom is -0.493 e. The Morgan fingerprint density at radius 1 is 1.31 bits per heavy atom. The summed E-state index contributed by atoms with van der Waals surface area (Å²) >= 11 is 7.71. The molecular formula is C18H26ClIN4OS. The average Bonchev–Trinajstić information content (AvgIpc) is 3.06. The molecule has 26 heavy (non-hydrogen) atoms. The Kier molecular flexibility index (Phi) is 10.3. The molecule has 8 heteroatoms. The van der Waals surface area contributed by atoms with Crippen molar-refractivity contribution in [1.29, 1.82) is 0 Å². The number of guanidine groups is 1. The Bertz CT molecular complexity index is 721. The molecule has 0 radical (unpaired) electrons. The van der Waals surface area contributed by atoms with Gasteiger partial charge in [0.1, 0.15) is 10.8 Å². The van der Waals surface area contributed by atoms with Gasteiger partial charge in [0.25, 0.3) is 0 Å². The molecule has 0 amide bonds. The molecule has 0 unspecified atom stereocenters. The maximum atomic E-state index is 6.04. The summed E-state index contributed by atoms with van der Waals surface area (Å²) in [6, 6.07) is 5.66. The van der Waals surface area contributed by atoms with Crippen molar-refractivity contribution in [2.75, 3.05) is 13.7 Å². The zero-order valence-electron chi connectivity index (χ0n) is 15.5. The Morgan fingerprint density at radius 3 is 2.65 bits per heavy atom. The van der Waals surface area contributed by atoms with Gasteiger partial charge in [0, 0.05) is 29.6 Å². The highest BCUT2D eigenvalue weighted by Crippen LogP contribution is 2.23. The number of halogens is 2. The number of nitrogens with one attached hydrogen (secondary N) is 2. The molecule has 1 aromatic carbocycles. The first-order chi connectivity index (χ1) is 12.0. The molecule has 2 N–H and O–H groups in total.